The van der Waals surface area contributed by atoms with Gasteiger partial charge in [0.2, 0.25) is 0 Å². The summed E-state index contributed by atoms with van der Waals surface area (Å²) in [5, 5.41) is 12.8. The first-order chi connectivity index (χ1) is 10.0. The first kappa shape index (κ1) is 13.3. The summed E-state index contributed by atoms with van der Waals surface area (Å²) in [5.41, 5.74) is 0.943. The predicted octanol–water partition coefficient (Wildman–Crippen LogP) is 1.38. The van der Waals surface area contributed by atoms with Gasteiger partial charge in [-0.3, -0.25) is 9.48 Å². The Morgan fingerprint density at radius 2 is 2.00 bits per heavy atom. The van der Waals surface area contributed by atoms with Crippen molar-refractivity contribution in [2.45, 2.75) is 13.1 Å². The van der Waals surface area contributed by atoms with Gasteiger partial charge in [-0.1, -0.05) is 12.1 Å². The summed E-state index contributed by atoms with van der Waals surface area (Å²) in [5.74, 6) is -1.76. The Hall–Kier alpha value is -2.70. The van der Waals surface area contributed by atoms with Gasteiger partial charge in [-0.2, -0.15) is 5.10 Å². The monoisotopic (exact) mass is 289 g/mol. The number of carboxylic acids is 1. The van der Waals surface area contributed by atoms with E-state index in [9.17, 15) is 14.0 Å². The van der Waals surface area contributed by atoms with Gasteiger partial charge in [-0.25, -0.2) is 9.18 Å². The number of hydrogen-bond donors (Lipinski definition) is 1. The summed E-state index contributed by atoms with van der Waals surface area (Å²) in [4.78, 5) is 24.8. The number of carboxylic acid groups (broad SMARTS) is 1. The molecule has 1 aromatic heterocycles. The molecule has 0 spiro atoms. The topological polar surface area (TPSA) is 75.4 Å². The fourth-order valence-corrected chi connectivity index (χ4v) is 2.30. The van der Waals surface area contributed by atoms with Crippen molar-refractivity contribution in [1.82, 2.24) is 14.7 Å². The number of hydrogen-bond acceptors (Lipinski definition) is 3. The molecule has 0 saturated carbocycles. The number of fused-ring (bicyclic) bond motifs is 1. The summed E-state index contributed by atoms with van der Waals surface area (Å²) in [6.07, 6.45) is 0. The normalized spacial score (nSPS) is 14.1. The maximum atomic E-state index is 12.9. The number of nitrogens with zero attached hydrogens (tertiary/aromatic N) is 3. The highest BCUT2D eigenvalue weighted by atomic mass is 19.1. The molecule has 108 valence electrons. The second kappa shape index (κ2) is 5.01. The lowest BCUT2D eigenvalue weighted by Crippen LogP contribution is -2.39. The van der Waals surface area contributed by atoms with Crippen LogP contribution in [0.2, 0.25) is 0 Å². The number of carbonyl (C=O) groups excluding carboxylic acids is 1. The third-order valence-electron chi connectivity index (χ3n) is 3.37. The molecule has 0 atom stereocenters. The number of aromatic carboxylic acids is 1. The summed E-state index contributed by atoms with van der Waals surface area (Å²) < 4.78 is 14.3. The van der Waals surface area contributed by atoms with Crippen LogP contribution in [-0.4, -0.2) is 38.2 Å². The summed E-state index contributed by atoms with van der Waals surface area (Å²) in [7, 11) is 0. The van der Waals surface area contributed by atoms with Crippen molar-refractivity contribution in [3.63, 3.8) is 0 Å². The molecule has 1 amide bonds. The molecular weight excluding hydrogens is 277 g/mol. The Kier molecular flexibility index (Phi) is 3.17. The van der Waals surface area contributed by atoms with E-state index in [2.05, 4.69) is 5.10 Å². The van der Waals surface area contributed by atoms with Crippen LogP contribution in [0.5, 0.6) is 0 Å². The minimum absolute atomic E-state index is 0.137. The Morgan fingerprint density at radius 3 is 2.67 bits per heavy atom. The van der Waals surface area contributed by atoms with Crippen LogP contribution >= 0.6 is 0 Å². The lowest BCUT2D eigenvalue weighted by atomic mass is 10.2. The van der Waals surface area contributed by atoms with Crippen LogP contribution < -0.4 is 0 Å². The fourth-order valence-electron chi connectivity index (χ4n) is 2.30. The van der Waals surface area contributed by atoms with Crippen LogP contribution in [0.15, 0.2) is 30.3 Å². The minimum Gasteiger partial charge on any atom is -0.476 e. The zero-order chi connectivity index (χ0) is 15.0. The first-order valence-corrected chi connectivity index (χ1v) is 6.39. The second-order valence-corrected chi connectivity index (χ2v) is 4.80. The van der Waals surface area contributed by atoms with Gasteiger partial charge in [0, 0.05) is 19.2 Å². The number of benzene rings is 1. The predicted molar refractivity (Wildman–Crippen MR) is 70.3 cm³/mol. The van der Waals surface area contributed by atoms with Crippen LogP contribution in [0.25, 0.3) is 0 Å². The largest absolute Gasteiger partial charge is 0.476 e. The van der Waals surface area contributed by atoms with Crippen molar-refractivity contribution in [2.75, 3.05) is 6.54 Å². The first-order valence-electron chi connectivity index (χ1n) is 6.39. The van der Waals surface area contributed by atoms with E-state index in [0.29, 0.717) is 19.6 Å². The molecule has 21 heavy (non-hydrogen) atoms. The van der Waals surface area contributed by atoms with E-state index in [-0.39, 0.29) is 23.1 Å². The van der Waals surface area contributed by atoms with Gasteiger partial charge in [0.15, 0.2) is 5.69 Å². The molecule has 0 aliphatic carbocycles. The highest BCUT2D eigenvalue weighted by Gasteiger charge is 2.27. The third-order valence-corrected chi connectivity index (χ3v) is 3.37. The van der Waals surface area contributed by atoms with Gasteiger partial charge >= 0.3 is 5.97 Å². The minimum atomic E-state index is -1.16. The lowest BCUT2D eigenvalue weighted by Gasteiger charge is -2.27. The van der Waals surface area contributed by atoms with Crippen LogP contribution in [0.4, 0.5) is 4.39 Å². The number of halogens is 1. The molecule has 1 aliphatic heterocycles. The molecule has 0 radical (unpaired) electrons. The molecule has 1 N–H and O–H groups in total. The molecule has 0 saturated heterocycles. The molecule has 0 unspecified atom stereocenters. The average Bonchev–Trinajstić information content (AvgIpc) is 2.89. The van der Waals surface area contributed by atoms with Crippen molar-refractivity contribution >= 4 is 11.9 Å². The molecule has 6 nitrogen and oxygen atoms in total. The van der Waals surface area contributed by atoms with E-state index in [1.807, 2.05) is 0 Å². The molecule has 0 fully saturated rings. The van der Waals surface area contributed by atoms with Crippen molar-refractivity contribution in [2.24, 2.45) is 0 Å². The SMILES string of the molecule is O=C(O)c1cc2n(n1)CCN(Cc1ccc(F)cc1)C2=O. The Balaban J connectivity index is 1.81. The van der Waals surface area contributed by atoms with Crippen molar-refractivity contribution in [3.8, 4) is 0 Å². The third kappa shape index (κ3) is 2.49. The zero-order valence-electron chi connectivity index (χ0n) is 11.0. The van der Waals surface area contributed by atoms with Crippen molar-refractivity contribution in [1.29, 1.82) is 0 Å². The van der Waals surface area contributed by atoms with E-state index in [1.165, 1.54) is 22.9 Å². The average molecular weight is 289 g/mol. The van der Waals surface area contributed by atoms with E-state index in [0.717, 1.165) is 5.56 Å². The second-order valence-electron chi connectivity index (χ2n) is 4.80. The van der Waals surface area contributed by atoms with Crippen molar-refractivity contribution < 1.29 is 19.1 Å². The van der Waals surface area contributed by atoms with Crippen LogP contribution in [0.1, 0.15) is 26.5 Å². The Bertz CT molecular complexity index is 709. The molecule has 0 bridgehead atoms. The maximum Gasteiger partial charge on any atom is 0.356 e. The van der Waals surface area contributed by atoms with Gasteiger partial charge in [0.25, 0.3) is 5.91 Å². The van der Waals surface area contributed by atoms with Gasteiger partial charge < -0.3 is 10.0 Å². The smallest absolute Gasteiger partial charge is 0.356 e. The zero-order valence-corrected chi connectivity index (χ0v) is 11.0. The summed E-state index contributed by atoms with van der Waals surface area (Å²) in [6.45, 7) is 1.23. The molecule has 1 aromatic carbocycles. The number of aromatic nitrogens is 2. The molecular formula is C14H12FN3O3. The standard InChI is InChI=1S/C14H12FN3O3/c15-10-3-1-9(2-4-10)8-17-5-6-18-12(13(17)19)7-11(16-18)14(20)21/h1-4,7H,5-6,8H2,(H,20,21). The molecule has 2 aromatic rings. The van der Waals surface area contributed by atoms with Gasteiger partial charge in [0.1, 0.15) is 11.5 Å². The highest BCUT2D eigenvalue weighted by Crippen LogP contribution is 2.16. The van der Waals surface area contributed by atoms with Crippen molar-refractivity contribution in [3.05, 3.63) is 53.1 Å². The lowest BCUT2D eigenvalue weighted by molar-refractivity contribution is 0.0670. The number of amides is 1. The van der Waals surface area contributed by atoms with Crippen LogP contribution in [0, 0.1) is 5.82 Å². The Morgan fingerprint density at radius 1 is 1.29 bits per heavy atom. The quantitative estimate of drug-likeness (QED) is 0.926. The van der Waals surface area contributed by atoms with Crippen LogP contribution in [0.3, 0.4) is 0 Å². The molecule has 3 rings (SSSR count). The number of rotatable bonds is 3. The maximum absolute atomic E-state index is 12.9. The fraction of sp³-hybridized carbons (Fsp3) is 0.214. The van der Waals surface area contributed by atoms with E-state index < -0.39 is 5.97 Å². The van der Waals surface area contributed by atoms with E-state index in [1.54, 1.807) is 17.0 Å². The Labute approximate surface area is 119 Å². The van der Waals surface area contributed by atoms with E-state index >= 15 is 0 Å². The summed E-state index contributed by atoms with van der Waals surface area (Å²) >= 11 is 0. The summed E-state index contributed by atoms with van der Waals surface area (Å²) in [6, 6.07) is 7.21. The molecule has 2 heterocycles. The van der Waals surface area contributed by atoms with Gasteiger partial charge in [-0.05, 0) is 17.7 Å². The molecule has 7 heteroatoms. The van der Waals surface area contributed by atoms with Gasteiger partial charge in [-0.15, -0.1) is 0 Å². The highest BCUT2D eigenvalue weighted by molar-refractivity contribution is 5.96. The van der Waals surface area contributed by atoms with Crippen LogP contribution in [-0.2, 0) is 13.1 Å². The number of carbonyl (C=O) groups is 2. The van der Waals surface area contributed by atoms with E-state index in [4.69, 9.17) is 5.11 Å². The van der Waals surface area contributed by atoms with Gasteiger partial charge in [0.05, 0.1) is 6.54 Å². The molecule has 1 aliphatic rings.